The van der Waals surface area contributed by atoms with Gasteiger partial charge in [0.2, 0.25) is 0 Å². The molecule has 0 aliphatic carbocycles. The van der Waals surface area contributed by atoms with Crippen LogP contribution in [0.3, 0.4) is 0 Å². The van der Waals surface area contributed by atoms with Crippen LogP contribution in [0.25, 0.3) is 0 Å². The van der Waals surface area contributed by atoms with E-state index >= 15 is 0 Å². The summed E-state index contributed by atoms with van der Waals surface area (Å²) < 4.78 is 4.87. The molecule has 1 aliphatic rings. The molecule has 15 heavy (non-hydrogen) atoms. The molecule has 0 spiro atoms. The summed E-state index contributed by atoms with van der Waals surface area (Å²) in [6.45, 7) is 5.05. The summed E-state index contributed by atoms with van der Waals surface area (Å²) in [6, 6.07) is 0.646. The Labute approximate surface area is 92.8 Å². The summed E-state index contributed by atoms with van der Waals surface area (Å²) in [5.41, 5.74) is -0.298. The van der Waals surface area contributed by atoms with Gasteiger partial charge < -0.3 is 9.64 Å². The molecule has 2 atom stereocenters. The summed E-state index contributed by atoms with van der Waals surface area (Å²) in [4.78, 5) is 14.0. The molecule has 1 aliphatic heterocycles. The minimum absolute atomic E-state index is 0.0655. The number of rotatable bonds is 3. The van der Waals surface area contributed by atoms with Crippen LogP contribution in [0.4, 0.5) is 0 Å². The van der Waals surface area contributed by atoms with Gasteiger partial charge in [-0.2, -0.15) is 0 Å². The lowest BCUT2D eigenvalue weighted by molar-refractivity contribution is -0.155. The van der Waals surface area contributed by atoms with Gasteiger partial charge >= 0.3 is 5.97 Å². The Balaban J connectivity index is 2.60. The summed E-state index contributed by atoms with van der Waals surface area (Å²) in [5, 5.41) is 0. The largest absolute Gasteiger partial charge is 0.469 e. The minimum Gasteiger partial charge on any atom is -0.469 e. The average Bonchev–Trinajstić information content (AvgIpc) is 2.21. The Morgan fingerprint density at radius 1 is 1.60 bits per heavy atom. The van der Waals surface area contributed by atoms with Crippen LogP contribution in [0.1, 0.15) is 39.5 Å². The Morgan fingerprint density at radius 3 is 2.73 bits per heavy atom. The molecule has 1 fully saturated rings. The fourth-order valence-corrected chi connectivity index (χ4v) is 2.58. The van der Waals surface area contributed by atoms with Crippen LogP contribution in [0.5, 0.6) is 0 Å². The molecule has 0 bridgehead atoms. The molecule has 0 aromatic carbocycles. The molecule has 1 heterocycles. The van der Waals surface area contributed by atoms with E-state index in [1.165, 1.54) is 20.0 Å². The van der Waals surface area contributed by atoms with Gasteiger partial charge in [0.1, 0.15) is 0 Å². The van der Waals surface area contributed by atoms with Crippen LogP contribution in [0.15, 0.2) is 0 Å². The van der Waals surface area contributed by atoms with Crippen LogP contribution in [-0.2, 0) is 9.53 Å². The molecule has 0 aromatic heterocycles. The van der Waals surface area contributed by atoms with Crippen molar-refractivity contribution in [2.24, 2.45) is 5.41 Å². The first-order valence-corrected chi connectivity index (χ1v) is 5.82. The molecule has 3 heteroatoms. The highest BCUT2D eigenvalue weighted by atomic mass is 16.5. The Kier molecular flexibility index (Phi) is 4.14. The third-order valence-electron chi connectivity index (χ3n) is 3.55. The van der Waals surface area contributed by atoms with Crippen molar-refractivity contribution in [3.05, 3.63) is 0 Å². The Morgan fingerprint density at radius 2 is 2.27 bits per heavy atom. The van der Waals surface area contributed by atoms with Crippen LogP contribution < -0.4 is 0 Å². The zero-order valence-electron chi connectivity index (χ0n) is 10.4. The highest BCUT2D eigenvalue weighted by molar-refractivity contribution is 5.76. The fourth-order valence-electron chi connectivity index (χ4n) is 2.58. The third-order valence-corrected chi connectivity index (χ3v) is 3.55. The van der Waals surface area contributed by atoms with Gasteiger partial charge in [-0.3, -0.25) is 4.79 Å². The summed E-state index contributed by atoms with van der Waals surface area (Å²) in [7, 11) is 3.59. The van der Waals surface area contributed by atoms with Gasteiger partial charge in [0, 0.05) is 12.6 Å². The molecule has 1 rings (SSSR count). The van der Waals surface area contributed by atoms with Crippen molar-refractivity contribution in [3.63, 3.8) is 0 Å². The lowest BCUT2D eigenvalue weighted by Crippen LogP contribution is -2.49. The van der Waals surface area contributed by atoms with Gasteiger partial charge in [0.15, 0.2) is 0 Å². The van der Waals surface area contributed by atoms with Gasteiger partial charge in [0.05, 0.1) is 12.5 Å². The summed E-state index contributed by atoms with van der Waals surface area (Å²) in [6.07, 6.45) is 4.50. The van der Waals surface area contributed by atoms with Crippen molar-refractivity contribution >= 4 is 5.97 Å². The van der Waals surface area contributed by atoms with E-state index in [-0.39, 0.29) is 11.4 Å². The quantitative estimate of drug-likeness (QED) is 0.672. The van der Waals surface area contributed by atoms with Crippen molar-refractivity contribution in [1.82, 2.24) is 4.90 Å². The predicted molar refractivity (Wildman–Crippen MR) is 60.7 cm³/mol. The zero-order chi connectivity index (χ0) is 11.5. The number of hydrogen-bond donors (Lipinski definition) is 0. The van der Waals surface area contributed by atoms with Crippen LogP contribution in [-0.4, -0.2) is 37.6 Å². The van der Waals surface area contributed by atoms with Crippen molar-refractivity contribution in [2.45, 2.75) is 45.6 Å². The van der Waals surface area contributed by atoms with E-state index in [2.05, 4.69) is 18.9 Å². The number of carbonyl (C=O) groups is 1. The van der Waals surface area contributed by atoms with Gasteiger partial charge in [-0.25, -0.2) is 0 Å². The number of likely N-dealkylation sites (tertiary alicyclic amines) is 1. The third kappa shape index (κ3) is 2.71. The molecular weight excluding hydrogens is 190 g/mol. The fraction of sp³-hybridized carbons (Fsp3) is 0.917. The molecule has 0 N–H and O–H groups in total. The maximum Gasteiger partial charge on any atom is 0.312 e. The van der Waals surface area contributed by atoms with E-state index in [1.54, 1.807) is 0 Å². The van der Waals surface area contributed by atoms with E-state index < -0.39 is 0 Å². The van der Waals surface area contributed by atoms with Gasteiger partial charge in [-0.15, -0.1) is 0 Å². The van der Waals surface area contributed by atoms with Crippen LogP contribution >= 0.6 is 0 Å². The first-order chi connectivity index (χ1) is 7.03. The molecule has 0 aromatic rings. The first-order valence-electron chi connectivity index (χ1n) is 5.82. The van der Waals surface area contributed by atoms with Crippen LogP contribution in [0.2, 0.25) is 0 Å². The second kappa shape index (κ2) is 4.97. The summed E-state index contributed by atoms with van der Waals surface area (Å²) in [5.74, 6) is -0.0655. The second-order valence-corrected chi connectivity index (χ2v) is 4.95. The maximum absolute atomic E-state index is 11.6. The van der Waals surface area contributed by atoms with Crippen molar-refractivity contribution < 1.29 is 9.53 Å². The van der Waals surface area contributed by atoms with Gasteiger partial charge in [-0.05, 0) is 33.2 Å². The molecule has 0 radical (unpaired) electrons. The first kappa shape index (κ1) is 12.5. The molecule has 88 valence electrons. The van der Waals surface area contributed by atoms with Crippen molar-refractivity contribution in [2.75, 3.05) is 20.7 Å². The maximum atomic E-state index is 11.6. The SMILES string of the molecule is CCCC1CCC(C)(C(=O)OC)CN1C. The van der Waals surface area contributed by atoms with Crippen molar-refractivity contribution in [3.8, 4) is 0 Å². The molecular formula is C12H23NO2. The Bertz CT molecular complexity index is 230. The Hall–Kier alpha value is -0.570. The van der Waals surface area contributed by atoms with E-state index in [9.17, 15) is 4.79 Å². The number of hydrogen-bond acceptors (Lipinski definition) is 3. The topological polar surface area (TPSA) is 29.5 Å². The lowest BCUT2D eigenvalue weighted by Gasteiger charge is -2.41. The number of methoxy groups -OCH3 is 1. The number of ether oxygens (including phenoxy) is 1. The van der Waals surface area contributed by atoms with Gasteiger partial charge in [0.25, 0.3) is 0 Å². The van der Waals surface area contributed by atoms with E-state index in [4.69, 9.17) is 4.74 Å². The van der Waals surface area contributed by atoms with Gasteiger partial charge in [-0.1, -0.05) is 13.3 Å². The summed E-state index contributed by atoms with van der Waals surface area (Å²) >= 11 is 0. The van der Waals surface area contributed by atoms with E-state index in [0.717, 1.165) is 19.4 Å². The smallest absolute Gasteiger partial charge is 0.312 e. The highest BCUT2D eigenvalue weighted by Crippen LogP contribution is 2.34. The molecule has 1 saturated heterocycles. The highest BCUT2D eigenvalue weighted by Gasteiger charge is 2.40. The number of carbonyl (C=O) groups excluding carboxylic acids is 1. The van der Waals surface area contributed by atoms with Crippen molar-refractivity contribution in [1.29, 1.82) is 0 Å². The molecule has 3 nitrogen and oxygen atoms in total. The molecule has 0 saturated carbocycles. The predicted octanol–water partition coefficient (Wildman–Crippen LogP) is 2.06. The van der Waals surface area contributed by atoms with E-state index in [1.807, 2.05) is 6.92 Å². The minimum atomic E-state index is -0.298. The second-order valence-electron chi connectivity index (χ2n) is 4.95. The monoisotopic (exact) mass is 213 g/mol. The number of piperidine rings is 1. The van der Waals surface area contributed by atoms with Crippen LogP contribution in [0, 0.1) is 5.41 Å². The number of esters is 1. The lowest BCUT2D eigenvalue weighted by atomic mass is 9.79. The average molecular weight is 213 g/mol. The zero-order valence-corrected chi connectivity index (χ0v) is 10.4. The molecule has 2 unspecified atom stereocenters. The molecule has 0 amide bonds. The normalized spacial score (nSPS) is 32.7. The van der Waals surface area contributed by atoms with E-state index in [0.29, 0.717) is 6.04 Å². The number of nitrogens with zero attached hydrogens (tertiary/aromatic N) is 1. The standard InChI is InChI=1S/C12H23NO2/c1-5-6-10-7-8-12(2,9-13(10)3)11(14)15-4/h10H,5-9H2,1-4H3.